The fourth-order valence-electron chi connectivity index (χ4n) is 0.956. The maximum absolute atomic E-state index is 9.36. The Kier molecular flexibility index (Phi) is 18.7. The molecule has 0 aliphatic carbocycles. The quantitative estimate of drug-likeness (QED) is 0.407. The fraction of sp³-hybridized carbons (Fsp3) is 0.889. The molecule has 2 atom stereocenters. The molecule has 0 rings (SSSR count). The summed E-state index contributed by atoms with van der Waals surface area (Å²) < 4.78 is 29.4. The molecule has 0 fully saturated rings. The van der Waals surface area contributed by atoms with Crippen LogP contribution in [0.3, 0.4) is 0 Å². The number of aliphatic hydroxyl groups excluding tert-OH is 1. The molecule has 0 saturated carbocycles. The molecule has 0 bridgehead atoms. The smallest absolute Gasteiger partial charge is 0.393 e. The Morgan fingerprint density at radius 2 is 1.82 bits per heavy atom. The van der Waals surface area contributed by atoms with Crippen LogP contribution in [0.15, 0.2) is 0 Å². The molecule has 0 radical (unpaired) electrons. The Morgan fingerprint density at radius 3 is 2.06 bits per heavy atom. The van der Waals surface area contributed by atoms with E-state index in [4.69, 9.17) is 18.1 Å². The molecule has 0 aliphatic rings. The van der Waals surface area contributed by atoms with E-state index in [1.807, 2.05) is 6.92 Å². The van der Waals surface area contributed by atoms with Gasteiger partial charge in [0.05, 0.1) is 12.2 Å². The largest absolute Gasteiger partial charge is 1.00 e. The summed E-state index contributed by atoms with van der Waals surface area (Å²) in [6.07, 6.45) is 1.97. The predicted molar refractivity (Wildman–Crippen MR) is 67.1 cm³/mol. The molecular formula is C9H21NaO5S2. The first-order valence-corrected chi connectivity index (χ1v) is 7.44. The van der Waals surface area contributed by atoms with Gasteiger partial charge in [0.15, 0.2) is 0 Å². The molecule has 0 heterocycles. The van der Waals surface area contributed by atoms with Gasteiger partial charge in [0, 0.05) is 17.8 Å². The van der Waals surface area contributed by atoms with E-state index >= 15 is 0 Å². The van der Waals surface area contributed by atoms with Crippen molar-refractivity contribution in [1.82, 2.24) is 0 Å². The molecule has 2 unspecified atom stereocenters. The molecule has 0 saturated heterocycles. The van der Waals surface area contributed by atoms with Crippen LogP contribution in [-0.2, 0) is 25.0 Å². The monoisotopic (exact) mass is 296 g/mol. The van der Waals surface area contributed by atoms with Crippen molar-refractivity contribution in [2.75, 3.05) is 6.61 Å². The van der Waals surface area contributed by atoms with Gasteiger partial charge in [-0.1, -0.05) is 13.8 Å². The summed E-state index contributed by atoms with van der Waals surface area (Å²) >= 11 is 3.47. The molecule has 3 N–H and O–H groups in total. The molecule has 17 heavy (non-hydrogen) atoms. The zero-order valence-electron chi connectivity index (χ0n) is 10.7. The van der Waals surface area contributed by atoms with E-state index in [1.165, 1.54) is 0 Å². The van der Waals surface area contributed by atoms with Gasteiger partial charge in [-0.25, -0.2) is 0 Å². The van der Waals surface area contributed by atoms with Crippen LogP contribution in [0.25, 0.3) is 0 Å². The van der Waals surface area contributed by atoms with E-state index in [-0.39, 0.29) is 35.7 Å². The van der Waals surface area contributed by atoms with Crippen LogP contribution in [-0.4, -0.2) is 37.2 Å². The Bertz CT molecular complexity index is 238. The van der Waals surface area contributed by atoms with Crippen molar-refractivity contribution < 1.29 is 52.7 Å². The summed E-state index contributed by atoms with van der Waals surface area (Å²) in [4.78, 5) is 0. The van der Waals surface area contributed by atoms with E-state index in [9.17, 15) is 5.11 Å². The van der Waals surface area contributed by atoms with E-state index < -0.39 is 15.2 Å². The average molecular weight is 296 g/mol. The Balaban J connectivity index is -0.000000280. The van der Waals surface area contributed by atoms with Crippen LogP contribution < -0.4 is 29.6 Å². The minimum Gasteiger partial charge on any atom is -0.393 e. The second-order valence-corrected chi connectivity index (χ2v) is 5.32. The predicted octanol–water partition coefficient (Wildman–Crippen LogP) is -1.54. The van der Waals surface area contributed by atoms with Crippen molar-refractivity contribution in [2.45, 2.75) is 45.3 Å². The minimum atomic E-state index is -3.83. The van der Waals surface area contributed by atoms with Crippen LogP contribution in [0.5, 0.6) is 0 Å². The van der Waals surface area contributed by atoms with Crippen molar-refractivity contribution in [3.05, 3.63) is 6.92 Å². The zero-order valence-corrected chi connectivity index (χ0v) is 14.3. The van der Waals surface area contributed by atoms with Gasteiger partial charge in [-0.3, -0.25) is 9.11 Å². The van der Waals surface area contributed by atoms with Gasteiger partial charge in [0.2, 0.25) is 0 Å². The van der Waals surface area contributed by atoms with Crippen molar-refractivity contribution >= 4 is 20.2 Å². The number of ether oxygens (including phenoxy) is 1. The van der Waals surface area contributed by atoms with Crippen LogP contribution in [0.1, 0.15) is 33.1 Å². The standard InChI is InChI=1S/C9H19O2.Na.H2O3S2/c1-4-7-11-9(6-3)8(10)5-2;;1-5(2,3)4/h8-10H,2,4-7H2,1,3H3;;(H2,1,2,3,4)/q-1;+1;. The van der Waals surface area contributed by atoms with Crippen molar-refractivity contribution in [3.8, 4) is 0 Å². The first kappa shape index (κ1) is 23.3. The average Bonchev–Trinajstić information content (AvgIpc) is 2.16. The fourth-order valence-corrected chi connectivity index (χ4v) is 0.956. The number of hydrogen-bond donors (Lipinski definition) is 3. The van der Waals surface area contributed by atoms with E-state index in [2.05, 4.69) is 25.0 Å². The van der Waals surface area contributed by atoms with E-state index in [0.717, 1.165) is 19.4 Å². The van der Waals surface area contributed by atoms with E-state index in [0.29, 0.717) is 6.42 Å². The van der Waals surface area contributed by atoms with Gasteiger partial charge in [0.1, 0.15) is 0 Å². The minimum absolute atomic E-state index is 0. The molecule has 0 amide bonds. The maximum atomic E-state index is 9.36. The number of aliphatic hydroxyl groups is 1. The summed E-state index contributed by atoms with van der Waals surface area (Å²) in [7, 11) is -3.83. The second kappa shape index (κ2) is 13.6. The molecule has 100 valence electrons. The summed E-state index contributed by atoms with van der Waals surface area (Å²) in [5, 5.41) is 9.36. The van der Waals surface area contributed by atoms with Crippen LogP contribution in [0.4, 0.5) is 0 Å². The number of hydrogen-bond acceptors (Lipinski definition) is 4. The SMILES string of the molecule is O=S(O)(O)=S.[CH2-]CC(O)C(CC)OCCC.[Na+]. The van der Waals surface area contributed by atoms with Crippen molar-refractivity contribution in [3.63, 3.8) is 0 Å². The van der Waals surface area contributed by atoms with Gasteiger partial charge in [-0.15, -0.1) is 0 Å². The summed E-state index contributed by atoms with van der Waals surface area (Å²) in [5.74, 6) is 0. The third-order valence-corrected chi connectivity index (χ3v) is 1.66. The van der Waals surface area contributed by atoms with Crippen LogP contribution >= 0.6 is 0 Å². The molecule has 0 aromatic rings. The third-order valence-electron chi connectivity index (χ3n) is 1.66. The summed E-state index contributed by atoms with van der Waals surface area (Å²) in [6.45, 7) is 8.44. The van der Waals surface area contributed by atoms with Crippen LogP contribution in [0, 0.1) is 6.92 Å². The third kappa shape index (κ3) is 22.8. The molecule has 0 spiro atoms. The summed E-state index contributed by atoms with van der Waals surface area (Å²) in [5.41, 5.74) is 0. The topological polar surface area (TPSA) is 87.0 Å². The Morgan fingerprint density at radius 1 is 1.41 bits per heavy atom. The molecular weight excluding hydrogens is 275 g/mol. The van der Waals surface area contributed by atoms with Gasteiger partial charge < -0.3 is 16.8 Å². The molecule has 5 nitrogen and oxygen atoms in total. The molecule has 8 heteroatoms. The first-order valence-electron chi connectivity index (χ1n) is 5.05. The van der Waals surface area contributed by atoms with Crippen molar-refractivity contribution in [2.24, 2.45) is 0 Å². The normalized spacial score (nSPS) is 14.0. The van der Waals surface area contributed by atoms with Crippen molar-refractivity contribution in [1.29, 1.82) is 0 Å². The van der Waals surface area contributed by atoms with Gasteiger partial charge >= 0.3 is 29.6 Å². The maximum Gasteiger partial charge on any atom is 1.00 e. The zero-order chi connectivity index (χ0) is 13.2. The van der Waals surface area contributed by atoms with Gasteiger partial charge in [-0.2, -0.15) is 10.6 Å². The first-order chi connectivity index (χ1) is 7.26. The van der Waals surface area contributed by atoms with Crippen LogP contribution in [0.2, 0.25) is 0 Å². The molecule has 0 aromatic heterocycles. The summed E-state index contributed by atoms with van der Waals surface area (Å²) in [6, 6.07) is 0. The molecule has 0 aromatic carbocycles. The Hall–Kier alpha value is 1.21. The van der Waals surface area contributed by atoms with Gasteiger partial charge in [0.25, 0.3) is 9.05 Å². The number of rotatable bonds is 6. The molecule has 0 aliphatic heterocycles. The second-order valence-electron chi connectivity index (χ2n) is 3.12. The Labute approximate surface area is 131 Å². The van der Waals surface area contributed by atoms with E-state index in [1.54, 1.807) is 0 Å². The van der Waals surface area contributed by atoms with Gasteiger partial charge in [-0.05, 0) is 12.8 Å².